The van der Waals surface area contributed by atoms with E-state index in [0.29, 0.717) is 19.6 Å². The summed E-state index contributed by atoms with van der Waals surface area (Å²) < 4.78 is 19.0. The molecule has 3 nitrogen and oxygen atoms in total. The van der Waals surface area contributed by atoms with Crippen LogP contribution in [0.3, 0.4) is 0 Å². The summed E-state index contributed by atoms with van der Waals surface area (Å²) in [5.41, 5.74) is 0.433. The van der Waals surface area contributed by atoms with E-state index in [4.69, 9.17) is 10.00 Å². The molecule has 0 radical (unpaired) electrons. The van der Waals surface area contributed by atoms with Gasteiger partial charge in [0.15, 0.2) is 11.6 Å². The number of rotatable bonds is 6. The highest BCUT2D eigenvalue weighted by atomic mass is 19.1. The first-order chi connectivity index (χ1) is 8.48. The van der Waals surface area contributed by atoms with E-state index in [1.165, 1.54) is 6.07 Å². The zero-order chi connectivity index (χ0) is 13.6. The van der Waals surface area contributed by atoms with Crippen LogP contribution in [-0.2, 0) is 6.54 Å². The maximum absolute atomic E-state index is 13.7. The Bertz CT molecular complexity index is 438. The van der Waals surface area contributed by atoms with Gasteiger partial charge in [0, 0.05) is 6.54 Å². The molecule has 0 saturated heterocycles. The molecule has 0 aromatic heterocycles. The molecule has 0 unspecified atom stereocenters. The van der Waals surface area contributed by atoms with E-state index in [-0.39, 0.29) is 11.6 Å². The summed E-state index contributed by atoms with van der Waals surface area (Å²) in [5, 5.41) is 11.8. The quantitative estimate of drug-likeness (QED) is 0.844. The lowest BCUT2D eigenvalue weighted by atomic mass is 9.92. The number of halogens is 1. The molecular formula is C14H19FN2O. The molecule has 0 atom stereocenters. The summed E-state index contributed by atoms with van der Waals surface area (Å²) in [6.07, 6.45) is 0.571. The number of benzene rings is 1. The Morgan fingerprint density at radius 1 is 1.44 bits per heavy atom. The molecule has 0 bridgehead atoms. The summed E-state index contributed by atoms with van der Waals surface area (Å²) in [4.78, 5) is 0. The van der Waals surface area contributed by atoms with Gasteiger partial charge in [-0.1, -0.05) is 6.07 Å². The first kappa shape index (κ1) is 14.5. The van der Waals surface area contributed by atoms with Gasteiger partial charge in [0.05, 0.1) is 18.1 Å². The molecule has 0 aliphatic heterocycles. The smallest absolute Gasteiger partial charge is 0.165 e. The third kappa shape index (κ3) is 4.34. The monoisotopic (exact) mass is 250 g/mol. The summed E-state index contributed by atoms with van der Waals surface area (Å²) in [6.45, 7) is 4.63. The maximum atomic E-state index is 13.7. The van der Waals surface area contributed by atoms with Gasteiger partial charge in [-0.3, -0.25) is 0 Å². The second kappa shape index (κ2) is 6.36. The van der Waals surface area contributed by atoms with Crippen molar-refractivity contribution in [1.82, 2.24) is 5.32 Å². The molecule has 98 valence electrons. The van der Waals surface area contributed by atoms with E-state index < -0.39 is 5.41 Å². The maximum Gasteiger partial charge on any atom is 0.165 e. The number of ether oxygens (including phenoxy) is 1. The number of nitrogens with zero attached hydrogens (tertiary/aromatic N) is 1. The minimum atomic E-state index is -0.442. The highest BCUT2D eigenvalue weighted by molar-refractivity contribution is 5.29. The first-order valence-corrected chi connectivity index (χ1v) is 5.95. The topological polar surface area (TPSA) is 45.0 Å². The predicted molar refractivity (Wildman–Crippen MR) is 68.7 cm³/mol. The van der Waals surface area contributed by atoms with Crippen molar-refractivity contribution in [1.29, 1.82) is 5.26 Å². The fourth-order valence-electron chi connectivity index (χ4n) is 1.45. The molecule has 1 N–H and O–H groups in total. The minimum Gasteiger partial charge on any atom is -0.490 e. The van der Waals surface area contributed by atoms with Gasteiger partial charge in [-0.2, -0.15) is 5.26 Å². The third-order valence-electron chi connectivity index (χ3n) is 2.66. The first-order valence-electron chi connectivity index (χ1n) is 5.95. The fraction of sp³-hybridized carbons (Fsp3) is 0.500. The molecule has 4 heteroatoms. The van der Waals surface area contributed by atoms with Crippen LogP contribution in [-0.4, -0.2) is 13.7 Å². The van der Waals surface area contributed by atoms with E-state index >= 15 is 0 Å². The van der Waals surface area contributed by atoms with Crippen LogP contribution in [0.2, 0.25) is 0 Å². The second-order valence-electron chi connectivity index (χ2n) is 4.89. The van der Waals surface area contributed by atoms with Crippen LogP contribution in [0.1, 0.15) is 25.8 Å². The normalized spacial score (nSPS) is 11.1. The van der Waals surface area contributed by atoms with Crippen molar-refractivity contribution in [3.8, 4) is 11.8 Å². The Kier molecular flexibility index (Phi) is 5.11. The molecule has 0 aliphatic rings. The van der Waals surface area contributed by atoms with Crippen molar-refractivity contribution in [2.24, 2.45) is 5.41 Å². The molecule has 1 rings (SSSR count). The standard InChI is InChI=1S/C14H19FN2O/c1-14(2,10-16)6-7-18-13-5-4-11(9-17-3)8-12(13)15/h4-5,8,17H,6-7,9H2,1-3H3. The van der Waals surface area contributed by atoms with Crippen LogP contribution in [0.25, 0.3) is 0 Å². The van der Waals surface area contributed by atoms with Gasteiger partial charge in [-0.25, -0.2) is 4.39 Å². The van der Waals surface area contributed by atoms with Gasteiger partial charge in [-0.05, 0) is 45.0 Å². The Hall–Kier alpha value is -1.60. The Morgan fingerprint density at radius 2 is 2.17 bits per heavy atom. The zero-order valence-corrected chi connectivity index (χ0v) is 11.1. The van der Waals surface area contributed by atoms with Gasteiger partial charge < -0.3 is 10.1 Å². The summed E-state index contributed by atoms with van der Waals surface area (Å²) in [5.74, 6) is -0.124. The van der Waals surface area contributed by atoms with E-state index in [2.05, 4.69) is 11.4 Å². The van der Waals surface area contributed by atoms with Gasteiger partial charge in [0.2, 0.25) is 0 Å². The lowest BCUT2D eigenvalue weighted by molar-refractivity contribution is 0.254. The van der Waals surface area contributed by atoms with Crippen molar-refractivity contribution >= 4 is 0 Å². The lowest BCUT2D eigenvalue weighted by Gasteiger charge is -2.15. The number of hydrogen-bond donors (Lipinski definition) is 1. The van der Waals surface area contributed by atoms with E-state index in [9.17, 15) is 4.39 Å². The highest BCUT2D eigenvalue weighted by Gasteiger charge is 2.16. The molecule has 1 aromatic rings. The third-order valence-corrected chi connectivity index (χ3v) is 2.66. The van der Waals surface area contributed by atoms with Crippen LogP contribution >= 0.6 is 0 Å². The Labute approximate surface area is 108 Å². The van der Waals surface area contributed by atoms with Crippen LogP contribution in [0.15, 0.2) is 18.2 Å². The molecule has 0 spiro atoms. The molecule has 0 saturated carbocycles. The van der Waals surface area contributed by atoms with Crippen LogP contribution in [0, 0.1) is 22.6 Å². The SMILES string of the molecule is CNCc1ccc(OCCC(C)(C)C#N)c(F)c1. The summed E-state index contributed by atoms with van der Waals surface area (Å²) in [6, 6.07) is 7.10. The highest BCUT2D eigenvalue weighted by Crippen LogP contribution is 2.22. The van der Waals surface area contributed by atoms with E-state index in [0.717, 1.165) is 5.56 Å². The van der Waals surface area contributed by atoms with E-state index in [1.54, 1.807) is 6.07 Å². The molecule has 0 amide bonds. The number of nitriles is 1. The Balaban J connectivity index is 2.56. The molecular weight excluding hydrogens is 231 g/mol. The van der Waals surface area contributed by atoms with Gasteiger partial charge in [-0.15, -0.1) is 0 Å². The molecule has 0 aliphatic carbocycles. The van der Waals surface area contributed by atoms with Crippen LogP contribution in [0.5, 0.6) is 5.75 Å². The van der Waals surface area contributed by atoms with Gasteiger partial charge >= 0.3 is 0 Å². The van der Waals surface area contributed by atoms with Crippen molar-refractivity contribution in [3.63, 3.8) is 0 Å². The average Bonchev–Trinajstić information content (AvgIpc) is 2.32. The summed E-state index contributed by atoms with van der Waals surface area (Å²) in [7, 11) is 1.81. The van der Waals surface area contributed by atoms with Crippen molar-refractivity contribution in [3.05, 3.63) is 29.6 Å². The fourth-order valence-corrected chi connectivity index (χ4v) is 1.45. The minimum absolute atomic E-state index is 0.239. The zero-order valence-electron chi connectivity index (χ0n) is 11.1. The molecule has 0 heterocycles. The number of hydrogen-bond acceptors (Lipinski definition) is 3. The lowest BCUT2D eigenvalue weighted by Crippen LogP contribution is -2.13. The number of nitrogens with one attached hydrogen (secondary N) is 1. The second-order valence-corrected chi connectivity index (χ2v) is 4.89. The summed E-state index contributed by atoms with van der Waals surface area (Å²) >= 11 is 0. The van der Waals surface area contributed by atoms with Crippen molar-refractivity contribution in [2.75, 3.05) is 13.7 Å². The predicted octanol–water partition coefficient (Wildman–Crippen LogP) is 2.86. The van der Waals surface area contributed by atoms with Crippen LogP contribution < -0.4 is 10.1 Å². The van der Waals surface area contributed by atoms with Gasteiger partial charge in [0.1, 0.15) is 0 Å². The molecule has 18 heavy (non-hydrogen) atoms. The molecule has 0 fully saturated rings. The van der Waals surface area contributed by atoms with Crippen molar-refractivity contribution in [2.45, 2.75) is 26.8 Å². The van der Waals surface area contributed by atoms with Crippen molar-refractivity contribution < 1.29 is 9.13 Å². The van der Waals surface area contributed by atoms with Crippen LogP contribution in [0.4, 0.5) is 4.39 Å². The van der Waals surface area contributed by atoms with Gasteiger partial charge in [0.25, 0.3) is 0 Å². The largest absolute Gasteiger partial charge is 0.490 e. The molecule has 1 aromatic carbocycles. The average molecular weight is 250 g/mol. The Morgan fingerprint density at radius 3 is 2.72 bits per heavy atom. The van der Waals surface area contributed by atoms with E-state index in [1.807, 2.05) is 27.0 Å².